The van der Waals surface area contributed by atoms with Crippen molar-refractivity contribution in [3.8, 4) is 11.4 Å². The van der Waals surface area contributed by atoms with Crippen molar-refractivity contribution < 1.29 is 27.6 Å². The van der Waals surface area contributed by atoms with Gasteiger partial charge in [-0.3, -0.25) is 4.79 Å². The third-order valence-corrected chi connectivity index (χ3v) is 4.45. The molecule has 3 aromatic rings. The number of nitro groups is 1. The van der Waals surface area contributed by atoms with Crippen LogP contribution in [0.25, 0.3) is 5.69 Å². The van der Waals surface area contributed by atoms with Crippen LogP contribution in [-0.4, -0.2) is 26.9 Å². The van der Waals surface area contributed by atoms with Crippen molar-refractivity contribution in [2.45, 2.75) is 20.0 Å². The number of carbonyl (C=O) groups excluding carboxylic acids is 1. The highest BCUT2D eigenvalue weighted by atomic mass is 19.4. The lowest BCUT2D eigenvalue weighted by atomic mass is 10.1. The fraction of sp³-hybridized carbons (Fsp3) is 0.200. The minimum atomic E-state index is -4.49. The van der Waals surface area contributed by atoms with Crippen LogP contribution in [0.2, 0.25) is 0 Å². The number of rotatable bonds is 6. The van der Waals surface area contributed by atoms with Gasteiger partial charge in [-0.2, -0.15) is 13.2 Å². The van der Waals surface area contributed by atoms with Crippen LogP contribution in [0.4, 0.5) is 19.0 Å². The molecule has 2 aromatic heterocycles. The first-order valence-electron chi connectivity index (χ1n) is 8.71. The number of hydrogen-bond acceptors (Lipinski definition) is 5. The number of alkyl halides is 3. The molecule has 3 rings (SSSR count). The van der Waals surface area contributed by atoms with Crippen LogP contribution in [-0.2, 0) is 6.18 Å². The van der Waals surface area contributed by atoms with Crippen LogP contribution < -0.4 is 4.74 Å². The molecule has 30 heavy (non-hydrogen) atoms. The lowest BCUT2D eigenvalue weighted by Crippen LogP contribution is -2.14. The first-order valence-corrected chi connectivity index (χ1v) is 8.71. The molecule has 0 amide bonds. The van der Waals surface area contributed by atoms with Crippen molar-refractivity contribution in [2.24, 2.45) is 0 Å². The van der Waals surface area contributed by atoms with Crippen LogP contribution in [0.5, 0.6) is 5.75 Å². The first kappa shape index (κ1) is 21.0. The number of aromatic nitrogens is 2. The van der Waals surface area contributed by atoms with Crippen molar-refractivity contribution in [2.75, 3.05) is 6.61 Å². The van der Waals surface area contributed by atoms with E-state index in [1.165, 1.54) is 35.0 Å². The van der Waals surface area contributed by atoms with E-state index in [4.69, 9.17) is 4.74 Å². The van der Waals surface area contributed by atoms with Gasteiger partial charge in [0.1, 0.15) is 6.20 Å². The van der Waals surface area contributed by atoms with E-state index in [0.29, 0.717) is 11.4 Å². The average Bonchev–Trinajstić information content (AvgIpc) is 3.00. The van der Waals surface area contributed by atoms with E-state index in [-0.39, 0.29) is 17.0 Å². The monoisotopic (exact) mass is 419 g/mol. The normalized spacial score (nSPS) is 11.4. The molecule has 1 aromatic carbocycles. The van der Waals surface area contributed by atoms with Gasteiger partial charge in [-0.05, 0) is 60.2 Å². The molecule has 156 valence electrons. The lowest BCUT2D eigenvalue weighted by Gasteiger charge is -2.13. The Labute approximate surface area is 168 Å². The fourth-order valence-corrected chi connectivity index (χ4v) is 3.12. The maximum Gasteiger partial charge on any atom is 0.416 e. The highest BCUT2D eigenvalue weighted by Crippen LogP contribution is 2.31. The van der Waals surface area contributed by atoms with E-state index in [1.54, 1.807) is 19.9 Å². The molecule has 0 saturated heterocycles. The Morgan fingerprint density at radius 2 is 1.93 bits per heavy atom. The Kier molecular flexibility index (Phi) is 5.59. The molecule has 0 fully saturated rings. The average molecular weight is 419 g/mol. The predicted octanol–water partition coefficient (Wildman–Crippen LogP) is 4.68. The molecule has 0 N–H and O–H groups in total. The summed E-state index contributed by atoms with van der Waals surface area (Å²) in [5, 5.41) is 11.0. The number of pyridine rings is 1. The van der Waals surface area contributed by atoms with Crippen LogP contribution in [0.15, 0.2) is 48.7 Å². The minimum Gasteiger partial charge on any atom is -0.477 e. The smallest absolute Gasteiger partial charge is 0.416 e. The number of nitrogens with zero attached hydrogens (tertiary/aromatic N) is 3. The van der Waals surface area contributed by atoms with E-state index >= 15 is 0 Å². The Morgan fingerprint density at radius 1 is 1.20 bits per heavy atom. The molecule has 0 spiro atoms. The van der Waals surface area contributed by atoms with Crippen LogP contribution >= 0.6 is 0 Å². The Hall–Kier alpha value is -3.69. The van der Waals surface area contributed by atoms with Gasteiger partial charge in [-0.15, -0.1) is 0 Å². The summed E-state index contributed by atoms with van der Waals surface area (Å²) in [6.07, 6.45) is -3.26. The van der Waals surface area contributed by atoms with Gasteiger partial charge in [-0.1, -0.05) is 6.07 Å². The summed E-state index contributed by atoms with van der Waals surface area (Å²) < 4.78 is 45.9. The summed E-state index contributed by atoms with van der Waals surface area (Å²) in [5.74, 6) is -1.14. The van der Waals surface area contributed by atoms with Crippen molar-refractivity contribution in [3.05, 3.63) is 81.3 Å². The van der Waals surface area contributed by atoms with Gasteiger partial charge in [0.25, 0.3) is 0 Å². The first-order chi connectivity index (χ1) is 14.1. The summed E-state index contributed by atoms with van der Waals surface area (Å²) in [4.78, 5) is 26.5. The second-order valence-electron chi connectivity index (χ2n) is 6.46. The van der Waals surface area contributed by atoms with Crippen LogP contribution in [0.3, 0.4) is 0 Å². The number of ether oxygens (including phenoxy) is 1. The molecule has 0 unspecified atom stereocenters. The quantitative estimate of drug-likeness (QED) is 0.329. The van der Waals surface area contributed by atoms with Crippen molar-refractivity contribution >= 4 is 11.6 Å². The summed E-state index contributed by atoms with van der Waals surface area (Å²) >= 11 is 0. The molecule has 10 heteroatoms. The zero-order valence-electron chi connectivity index (χ0n) is 15.9. The number of benzene rings is 1. The SMILES string of the molecule is Cc1cc(C(=O)COc2cccnc2[N+](=O)[O-])c(C)n1-c1cccc(C(F)(F)F)c1. The van der Waals surface area contributed by atoms with E-state index in [2.05, 4.69) is 4.98 Å². The molecule has 0 bridgehead atoms. The molecule has 0 radical (unpaired) electrons. The number of Topliss-reactive ketones (excluding diaryl/α,β-unsaturated/α-hetero) is 1. The highest BCUT2D eigenvalue weighted by molar-refractivity contribution is 5.98. The molecular weight excluding hydrogens is 403 g/mol. The number of aryl methyl sites for hydroxylation is 1. The van der Waals surface area contributed by atoms with Gasteiger partial charge in [0.05, 0.1) is 5.56 Å². The van der Waals surface area contributed by atoms with E-state index in [1.807, 2.05) is 0 Å². The van der Waals surface area contributed by atoms with E-state index < -0.39 is 34.9 Å². The number of ketones is 1. The van der Waals surface area contributed by atoms with Crippen molar-refractivity contribution in [1.29, 1.82) is 0 Å². The van der Waals surface area contributed by atoms with Gasteiger partial charge in [0.2, 0.25) is 11.5 Å². The highest BCUT2D eigenvalue weighted by Gasteiger charge is 2.31. The molecule has 0 saturated carbocycles. The van der Waals surface area contributed by atoms with Crippen LogP contribution in [0.1, 0.15) is 27.3 Å². The van der Waals surface area contributed by atoms with E-state index in [0.717, 1.165) is 12.1 Å². The third-order valence-electron chi connectivity index (χ3n) is 4.45. The van der Waals surface area contributed by atoms with Crippen molar-refractivity contribution in [1.82, 2.24) is 9.55 Å². The second kappa shape index (κ2) is 7.97. The molecule has 7 nitrogen and oxygen atoms in total. The standard InChI is InChI=1S/C20H16F3N3O4/c1-12-9-16(17(27)11-30-18-7-4-8-24-19(18)26(28)29)13(2)25(12)15-6-3-5-14(10-15)20(21,22)23/h3-10H,11H2,1-2H3. The van der Waals surface area contributed by atoms with Crippen LogP contribution in [0, 0.1) is 24.0 Å². The Balaban J connectivity index is 1.87. The topological polar surface area (TPSA) is 87.3 Å². The summed E-state index contributed by atoms with van der Waals surface area (Å²) in [7, 11) is 0. The molecule has 0 aliphatic rings. The van der Waals surface area contributed by atoms with Crippen molar-refractivity contribution in [3.63, 3.8) is 0 Å². The second-order valence-corrected chi connectivity index (χ2v) is 6.46. The maximum atomic E-state index is 13.0. The lowest BCUT2D eigenvalue weighted by molar-refractivity contribution is -0.390. The van der Waals surface area contributed by atoms with Gasteiger partial charge in [0, 0.05) is 22.6 Å². The summed E-state index contributed by atoms with van der Waals surface area (Å²) in [6, 6.07) is 9.08. The van der Waals surface area contributed by atoms with Gasteiger partial charge >= 0.3 is 12.0 Å². The largest absolute Gasteiger partial charge is 0.477 e. The summed E-state index contributed by atoms with van der Waals surface area (Å²) in [6.45, 7) is 2.78. The van der Waals surface area contributed by atoms with Gasteiger partial charge < -0.3 is 19.4 Å². The fourth-order valence-electron chi connectivity index (χ4n) is 3.12. The molecule has 0 atom stereocenters. The Bertz CT molecular complexity index is 1120. The predicted molar refractivity (Wildman–Crippen MR) is 101 cm³/mol. The van der Waals surface area contributed by atoms with Gasteiger partial charge in [-0.25, -0.2) is 0 Å². The number of halogens is 3. The molecular formula is C20H16F3N3O4. The molecule has 2 heterocycles. The zero-order valence-corrected chi connectivity index (χ0v) is 15.9. The van der Waals surface area contributed by atoms with E-state index in [9.17, 15) is 28.1 Å². The van der Waals surface area contributed by atoms with Gasteiger partial charge in [0.15, 0.2) is 6.61 Å². The maximum absolute atomic E-state index is 13.0. The Morgan fingerprint density at radius 3 is 2.60 bits per heavy atom. The number of carbonyl (C=O) groups is 1. The third kappa shape index (κ3) is 4.17. The molecule has 0 aliphatic heterocycles. The minimum absolute atomic E-state index is 0.150. The summed E-state index contributed by atoms with van der Waals surface area (Å²) in [5.41, 5.74) is 0.704. The zero-order chi connectivity index (χ0) is 22.1. The molecule has 0 aliphatic carbocycles. The number of hydrogen-bond donors (Lipinski definition) is 0.